The third kappa shape index (κ3) is 4.45. The summed E-state index contributed by atoms with van der Waals surface area (Å²) in [7, 11) is 0. The first-order valence-corrected chi connectivity index (χ1v) is 13.0. The highest BCUT2D eigenvalue weighted by Crippen LogP contribution is 2.43. The molecule has 188 valence electrons. The van der Waals surface area contributed by atoms with Crippen molar-refractivity contribution >= 4 is 23.4 Å². The van der Waals surface area contributed by atoms with Gasteiger partial charge in [0.25, 0.3) is 5.91 Å². The number of imide groups is 1. The third-order valence-electron chi connectivity index (χ3n) is 8.45. The van der Waals surface area contributed by atoms with Crippen molar-refractivity contribution in [2.24, 2.45) is 5.41 Å². The minimum atomic E-state index is -0.563. The number of carbonyl (C=O) groups excluding carboxylic acids is 3. The maximum Gasteiger partial charge on any atom is 0.255 e. The zero-order valence-electron chi connectivity index (χ0n) is 20.2. The van der Waals surface area contributed by atoms with Crippen molar-refractivity contribution in [3.63, 3.8) is 0 Å². The number of nitrogens with one attached hydrogen (secondary N) is 1. The number of carbonyl (C=O) groups is 3. The van der Waals surface area contributed by atoms with E-state index in [1.165, 1.54) is 12.8 Å². The number of hydrogen-bond donors (Lipinski definition) is 1. The first-order valence-electron chi connectivity index (χ1n) is 13.0. The van der Waals surface area contributed by atoms with Crippen LogP contribution >= 0.6 is 0 Å². The van der Waals surface area contributed by atoms with Crippen LogP contribution < -0.4 is 10.2 Å². The van der Waals surface area contributed by atoms with Gasteiger partial charge in [-0.15, -0.1) is 0 Å². The summed E-state index contributed by atoms with van der Waals surface area (Å²) in [5, 5.41) is 2.37. The highest BCUT2D eigenvalue weighted by atomic mass is 16.7. The molecule has 0 aliphatic carbocycles. The van der Waals surface area contributed by atoms with Crippen molar-refractivity contribution < 1.29 is 23.9 Å². The number of nitrogens with zero attached hydrogens (tertiary/aromatic N) is 3. The summed E-state index contributed by atoms with van der Waals surface area (Å²) in [5.74, 6) is -0.726. The molecule has 9 nitrogen and oxygen atoms in total. The summed E-state index contributed by atoms with van der Waals surface area (Å²) in [6, 6.07) is 5.57. The molecule has 1 unspecified atom stereocenters. The number of anilines is 1. The maximum absolute atomic E-state index is 13.1. The Morgan fingerprint density at radius 2 is 1.83 bits per heavy atom. The van der Waals surface area contributed by atoms with E-state index in [0.717, 1.165) is 70.0 Å². The predicted octanol–water partition coefficient (Wildman–Crippen LogP) is 1.50. The van der Waals surface area contributed by atoms with Crippen LogP contribution in [-0.2, 0) is 25.6 Å². The van der Waals surface area contributed by atoms with Gasteiger partial charge in [-0.05, 0) is 69.4 Å². The summed E-state index contributed by atoms with van der Waals surface area (Å²) in [6.07, 6.45) is 5.20. The molecule has 9 heteroatoms. The Kier molecular flexibility index (Phi) is 6.02. The molecule has 1 aromatic rings. The van der Waals surface area contributed by atoms with Crippen LogP contribution in [0, 0.1) is 5.41 Å². The van der Waals surface area contributed by atoms with E-state index in [2.05, 4.69) is 21.2 Å². The number of benzene rings is 1. The Labute approximate surface area is 205 Å². The second-order valence-corrected chi connectivity index (χ2v) is 10.8. The molecule has 4 fully saturated rings. The van der Waals surface area contributed by atoms with Gasteiger partial charge in [0.1, 0.15) is 6.04 Å². The third-order valence-corrected chi connectivity index (χ3v) is 8.45. The summed E-state index contributed by atoms with van der Waals surface area (Å²) in [5.41, 5.74) is 3.13. The molecule has 0 radical (unpaired) electrons. The van der Waals surface area contributed by atoms with E-state index in [9.17, 15) is 14.4 Å². The lowest BCUT2D eigenvalue weighted by Crippen LogP contribution is -2.60. The van der Waals surface area contributed by atoms with Gasteiger partial charge in [0.15, 0.2) is 6.29 Å². The molecule has 35 heavy (non-hydrogen) atoms. The van der Waals surface area contributed by atoms with Gasteiger partial charge in [-0.1, -0.05) is 6.07 Å². The number of fused-ring (bicyclic) bond motifs is 1. The lowest BCUT2D eigenvalue weighted by Gasteiger charge is -2.55. The summed E-state index contributed by atoms with van der Waals surface area (Å²) >= 11 is 0. The van der Waals surface area contributed by atoms with Crippen LogP contribution in [-0.4, -0.2) is 85.8 Å². The number of ether oxygens (including phenoxy) is 2. The molecule has 4 saturated heterocycles. The molecule has 0 bridgehead atoms. The summed E-state index contributed by atoms with van der Waals surface area (Å²) in [6.45, 7) is 7.35. The van der Waals surface area contributed by atoms with Gasteiger partial charge >= 0.3 is 0 Å². The van der Waals surface area contributed by atoms with Crippen LogP contribution in [0.3, 0.4) is 0 Å². The predicted molar refractivity (Wildman–Crippen MR) is 128 cm³/mol. The molecule has 1 N–H and O–H groups in total. The molecule has 1 aromatic carbocycles. The van der Waals surface area contributed by atoms with Gasteiger partial charge in [0, 0.05) is 42.7 Å². The number of piperidine rings is 2. The molecule has 5 aliphatic heterocycles. The van der Waals surface area contributed by atoms with E-state index in [1.807, 2.05) is 12.1 Å². The highest BCUT2D eigenvalue weighted by molar-refractivity contribution is 6.05. The second-order valence-electron chi connectivity index (χ2n) is 10.8. The molecule has 0 aromatic heterocycles. The molecular weight excluding hydrogens is 448 g/mol. The fourth-order valence-electron chi connectivity index (χ4n) is 6.31. The van der Waals surface area contributed by atoms with Crippen LogP contribution in [0.25, 0.3) is 0 Å². The van der Waals surface area contributed by atoms with Gasteiger partial charge in [-0.25, -0.2) is 0 Å². The quantitative estimate of drug-likeness (QED) is 0.615. The first kappa shape index (κ1) is 22.9. The van der Waals surface area contributed by atoms with Crippen LogP contribution in [0.2, 0.25) is 0 Å². The smallest absolute Gasteiger partial charge is 0.255 e. The Balaban J connectivity index is 1.01. The average molecular weight is 483 g/mol. The Hall–Kier alpha value is -2.49. The van der Waals surface area contributed by atoms with Gasteiger partial charge in [-0.2, -0.15) is 0 Å². The molecule has 0 saturated carbocycles. The minimum Gasteiger partial charge on any atom is -0.370 e. The topological polar surface area (TPSA) is 91.4 Å². The number of amides is 3. The van der Waals surface area contributed by atoms with E-state index in [-0.39, 0.29) is 30.4 Å². The Bertz CT molecular complexity index is 1010. The molecule has 3 amide bonds. The van der Waals surface area contributed by atoms with Crippen LogP contribution in [0.15, 0.2) is 18.2 Å². The summed E-state index contributed by atoms with van der Waals surface area (Å²) < 4.78 is 11.1. The molecule has 5 aliphatic rings. The highest BCUT2D eigenvalue weighted by Gasteiger charge is 2.45. The monoisotopic (exact) mass is 482 g/mol. The van der Waals surface area contributed by atoms with Gasteiger partial charge in [0.05, 0.1) is 13.2 Å². The van der Waals surface area contributed by atoms with Crippen molar-refractivity contribution in [1.82, 2.24) is 15.1 Å². The van der Waals surface area contributed by atoms with Crippen molar-refractivity contribution in [2.45, 2.75) is 57.4 Å². The molecule has 5 heterocycles. The average Bonchev–Trinajstić information content (AvgIpc) is 3.46. The lowest BCUT2D eigenvalue weighted by atomic mass is 9.71. The van der Waals surface area contributed by atoms with Gasteiger partial charge in [-0.3, -0.25) is 19.7 Å². The van der Waals surface area contributed by atoms with E-state index in [4.69, 9.17) is 9.47 Å². The van der Waals surface area contributed by atoms with Crippen molar-refractivity contribution in [1.29, 1.82) is 0 Å². The zero-order chi connectivity index (χ0) is 24.0. The van der Waals surface area contributed by atoms with Gasteiger partial charge in [0.2, 0.25) is 11.8 Å². The fraction of sp³-hybridized carbons (Fsp3) is 0.654. The number of hydrogen-bond acceptors (Lipinski definition) is 7. The lowest BCUT2D eigenvalue weighted by molar-refractivity contribution is -0.136. The van der Waals surface area contributed by atoms with E-state index < -0.39 is 6.04 Å². The van der Waals surface area contributed by atoms with E-state index in [0.29, 0.717) is 23.9 Å². The van der Waals surface area contributed by atoms with Crippen molar-refractivity contribution in [3.8, 4) is 0 Å². The Morgan fingerprint density at radius 3 is 2.57 bits per heavy atom. The maximum atomic E-state index is 13.1. The zero-order valence-corrected chi connectivity index (χ0v) is 20.2. The molecule has 6 rings (SSSR count). The van der Waals surface area contributed by atoms with Crippen molar-refractivity contribution in [2.75, 3.05) is 50.8 Å². The second kappa shape index (κ2) is 9.19. The Morgan fingerprint density at radius 1 is 1.06 bits per heavy atom. The normalized spacial score (nSPS) is 26.9. The fourth-order valence-corrected chi connectivity index (χ4v) is 6.31. The van der Waals surface area contributed by atoms with E-state index in [1.54, 1.807) is 4.90 Å². The van der Waals surface area contributed by atoms with Gasteiger partial charge < -0.3 is 24.2 Å². The standard InChI is InChI=1S/C26H34N4O5/c31-22-6-5-21(24(32)27-22)30-15-18-3-4-19(14-20(18)25(30)33)29-16-26(17-29)7-10-28(11-8-26)9-1-2-23-34-12-13-35-23/h3-4,14,21,23H,1-2,5-13,15-17H2,(H,27,31,32). The SMILES string of the molecule is O=C1CCC(N2Cc3ccc(N4CC5(CCN(CCCC6OCCO6)CC5)C4)cc3C2=O)C(=O)N1. The first-order chi connectivity index (χ1) is 17.0. The van der Waals surface area contributed by atoms with Crippen LogP contribution in [0.4, 0.5) is 5.69 Å². The van der Waals surface area contributed by atoms with Crippen LogP contribution in [0.5, 0.6) is 0 Å². The minimum absolute atomic E-state index is 0.00151. The number of rotatable bonds is 6. The van der Waals surface area contributed by atoms with Crippen molar-refractivity contribution in [3.05, 3.63) is 29.3 Å². The number of likely N-dealkylation sites (tertiary alicyclic amines) is 1. The largest absolute Gasteiger partial charge is 0.370 e. The molecule has 1 atom stereocenters. The van der Waals surface area contributed by atoms with E-state index >= 15 is 0 Å². The molecular formula is C26H34N4O5. The summed E-state index contributed by atoms with van der Waals surface area (Å²) in [4.78, 5) is 43.5. The molecule has 1 spiro atoms. The van der Waals surface area contributed by atoms with Crippen LogP contribution in [0.1, 0.15) is 54.4 Å².